The summed E-state index contributed by atoms with van der Waals surface area (Å²) in [4.78, 5) is 22.7. The van der Waals surface area contributed by atoms with Crippen LogP contribution < -0.4 is 0 Å². The van der Waals surface area contributed by atoms with E-state index in [1.807, 2.05) is 40.7 Å². The first kappa shape index (κ1) is 18.8. The number of likely N-dealkylation sites (tertiary alicyclic amines) is 1. The molecule has 2 rings (SSSR count). The molecule has 0 aromatic carbocycles. The molecule has 2 heterocycles. The lowest BCUT2D eigenvalue weighted by Crippen LogP contribution is -2.48. The maximum atomic E-state index is 12.7. The van der Waals surface area contributed by atoms with E-state index in [9.17, 15) is 9.00 Å². The van der Waals surface area contributed by atoms with Gasteiger partial charge in [0.25, 0.3) is 0 Å². The zero-order valence-electron chi connectivity index (χ0n) is 15.2. The van der Waals surface area contributed by atoms with Gasteiger partial charge in [-0.1, -0.05) is 0 Å². The van der Waals surface area contributed by atoms with Gasteiger partial charge in [-0.05, 0) is 59.9 Å². The van der Waals surface area contributed by atoms with Gasteiger partial charge in [0.05, 0.1) is 16.6 Å². The molecule has 0 saturated carbocycles. The number of hydrogen-bond acceptors (Lipinski definition) is 5. The predicted molar refractivity (Wildman–Crippen MR) is 93.4 cm³/mol. The van der Waals surface area contributed by atoms with E-state index in [0.29, 0.717) is 17.5 Å². The van der Waals surface area contributed by atoms with Crippen LogP contribution >= 0.6 is 0 Å². The molecule has 7 heteroatoms. The SMILES string of the molecule is Cc1cc(C)nc([S@](=O)C[C@H]2CCCCN2C(=O)OC(C)(C)C)n1. The van der Waals surface area contributed by atoms with Crippen molar-refractivity contribution in [1.82, 2.24) is 14.9 Å². The largest absolute Gasteiger partial charge is 0.444 e. The van der Waals surface area contributed by atoms with Gasteiger partial charge in [-0.3, -0.25) is 4.21 Å². The Morgan fingerprint density at radius 3 is 2.50 bits per heavy atom. The molecule has 0 spiro atoms. The van der Waals surface area contributed by atoms with Crippen LogP contribution in [0, 0.1) is 13.8 Å². The van der Waals surface area contributed by atoms with Crippen molar-refractivity contribution in [3.63, 3.8) is 0 Å². The van der Waals surface area contributed by atoms with Gasteiger partial charge >= 0.3 is 6.09 Å². The summed E-state index contributed by atoms with van der Waals surface area (Å²) in [5.41, 5.74) is 1.08. The number of carbonyl (C=O) groups excluding carboxylic acids is 1. The van der Waals surface area contributed by atoms with Gasteiger partial charge in [-0.15, -0.1) is 0 Å². The molecule has 0 radical (unpaired) electrons. The number of carbonyl (C=O) groups is 1. The second kappa shape index (κ2) is 7.59. The molecule has 24 heavy (non-hydrogen) atoms. The molecule has 1 amide bonds. The molecule has 0 unspecified atom stereocenters. The maximum absolute atomic E-state index is 12.7. The topological polar surface area (TPSA) is 72.4 Å². The number of rotatable bonds is 3. The van der Waals surface area contributed by atoms with Crippen LogP contribution in [0.1, 0.15) is 51.4 Å². The van der Waals surface area contributed by atoms with E-state index >= 15 is 0 Å². The lowest BCUT2D eigenvalue weighted by Gasteiger charge is -2.36. The van der Waals surface area contributed by atoms with Crippen molar-refractivity contribution in [3.05, 3.63) is 17.5 Å². The molecule has 0 aliphatic carbocycles. The number of piperidine rings is 1. The molecule has 6 nitrogen and oxygen atoms in total. The number of amides is 1. The Bertz CT molecular complexity index is 608. The quantitative estimate of drug-likeness (QED) is 0.781. The summed E-state index contributed by atoms with van der Waals surface area (Å²) in [5, 5.41) is 0.349. The van der Waals surface area contributed by atoms with Gasteiger partial charge < -0.3 is 9.64 Å². The molecule has 2 atom stereocenters. The van der Waals surface area contributed by atoms with Crippen molar-refractivity contribution in [2.75, 3.05) is 12.3 Å². The highest BCUT2D eigenvalue weighted by atomic mass is 32.2. The molecule has 1 aromatic rings. The van der Waals surface area contributed by atoms with Crippen molar-refractivity contribution < 1.29 is 13.7 Å². The first-order chi connectivity index (χ1) is 11.2. The van der Waals surface area contributed by atoms with E-state index in [1.54, 1.807) is 4.90 Å². The minimum atomic E-state index is -1.33. The molecule has 1 fully saturated rings. The summed E-state index contributed by atoms with van der Waals surface area (Å²) in [7, 11) is -1.33. The average Bonchev–Trinajstić information content (AvgIpc) is 2.44. The van der Waals surface area contributed by atoms with Crippen molar-refractivity contribution >= 4 is 16.9 Å². The molecule has 0 bridgehead atoms. The standard InChI is InChI=1S/C17H27N3O3S/c1-12-10-13(2)19-15(18-12)24(22)11-14-8-6-7-9-20(14)16(21)23-17(3,4)5/h10,14H,6-9,11H2,1-5H3/t14-,24-/m1/s1. The lowest BCUT2D eigenvalue weighted by atomic mass is 10.0. The van der Waals surface area contributed by atoms with Crippen molar-refractivity contribution in [2.45, 2.75) is 70.7 Å². The van der Waals surface area contributed by atoms with Crippen LogP contribution in [-0.2, 0) is 15.5 Å². The van der Waals surface area contributed by atoms with Gasteiger partial charge in [0.1, 0.15) is 5.60 Å². The fourth-order valence-corrected chi connectivity index (χ4v) is 4.12. The van der Waals surface area contributed by atoms with Crippen LogP contribution in [0.3, 0.4) is 0 Å². The van der Waals surface area contributed by atoms with Gasteiger partial charge in [0, 0.05) is 24.0 Å². The summed E-state index contributed by atoms with van der Waals surface area (Å²) in [6, 6.07) is 1.76. The van der Waals surface area contributed by atoms with Crippen LogP contribution in [-0.4, -0.2) is 49.1 Å². The molecule has 1 aromatic heterocycles. The number of hydrogen-bond donors (Lipinski definition) is 0. The van der Waals surface area contributed by atoms with E-state index in [4.69, 9.17) is 4.74 Å². The van der Waals surface area contributed by atoms with Crippen LogP contribution in [0.15, 0.2) is 11.2 Å². The summed E-state index contributed by atoms with van der Waals surface area (Å²) in [5.74, 6) is 0.349. The van der Waals surface area contributed by atoms with Crippen LogP contribution in [0.25, 0.3) is 0 Å². The Morgan fingerprint density at radius 2 is 1.92 bits per heavy atom. The monoisotopic (exact) mass is 353 g/mol. The summed E-state index contributed by atoms with van der Waals surface area (Å²) < 4.78 is 18.2. The molecule has 134 valence electrons. The van der Waals surface area contributed by atoms with E-state index in [0.717, 1.165) is 30.7 Å². The Balaban J connectivity index is 2.10. The Morgan fingerprint density at radius 1 is 1.29 bits per heavy atom. The zero-order valence-corrected chi connectivity index (χ0v) is 16.0. The third-order valence-electron chi connectivity index (χ3n) is 3.76. The maximum Gasteiger partial charge on any atom is 0.410 e. The van der Waals surface area contributed by atoms with E-state index in [2.05, 4.69) is 9.97 Å². The summed E-state index contributed by atoms with van der Waals surface area (Å²) in [6.07, 6.45) is 2.47. The smallest absolute Gasteiger partial charge is 0.410 e. The zero-order chi connectivity index (χ0) is 17.9. The van der Waals surface area contributed by atoms with Crippen LogP contribution in [0.2, 0.25) is 0 Å². The summed E-state index contributed by atoms with van der Waals surface area (Å²) in [6.45, 7) is 9.93. The van der Waals surface area contributed by atoms with E-state index in [-0.39, 0.29) is 12.1 Å². The van der Waals surface area contributed by atoms with Crippen molar-refractivity contribution in [1.29, 1.82) is 0 Å². The minimum Gasteiger partial charge on any atom is -0.444 e. The first-order valence-corrected chi connectivity index (χ1v) is 9.68. The van der Waals surface area contributed by atoms with Crippen molar-refractivity contribution in [2.24, 2.45) is 0 Å². The van der Waals surface area contributed by atoms with Gasteiger partial charge in [-0.2, -0.15) is 0 Å². The third-order valence-corrected chi connectivity index (χ3v) is 5.04. The molecule has 1 aliphatic rings. The molecule has 1 aliphatic heterocycles. The highest BCUT2D eigenvalue weighted by molar-refractivity contribution is 7.84. The number of ether oxygens (including phenoxy) is 1. The number of nitrogens with zero attached hydrogens (tertiary/aromatic N) is 3. The first-order valence-electron chi connectivity index (χ1n) is 8.36. The average molecular weight is 353 g/mol. The number of aryl methyl sites for hydroxylation is 2. The Kier molecular flexibility index (Phi) is 5.96. The van der Waals surface area contributed by atoms with Crippen LogP contribution in [0.4, 0.5) is 4.79 Å². The summed E-state index contributed by atoms with van der Waals surface area (Å²) >= 11 is 0. The van der Waals surface area contributed by atoms with E-state index < -0.39 is 16.4 Å². The predicted octanol–water partition coefficient (Wildman–Crippen LogP) is 2.99. The van der Waals surface area contributed by atoms with E-state index in [1.165, 1.54) is 0 Å². The molecule has 0 N–H and O–H groups in total. The lowest BCUT2D eigenvalue weighted by molar-refractivity contribution is 0.0125. The molecular weight excluding hydrogens is 326 g/mol. The highest BCUT2D eigenvalue weighted by Crippen LogP contribution is 2.22. The van der Waals surface area contributed by atoms with Crippen molar-refractivity contribution in [3.8, 4) is 0 Å². The molecular formula is C17H27N3O3S. The van der Waals surface area contributed by atoms with Gasteiger partial charge in [0.2, 0.25) is 5.16 Å². The van der Waals surface area contributed by atoms with Gasteiger partial charge in [-0.25, -0.2) is 14.8 Å². The fraction of sp³-hybridized carbons (Fsp3) is 0.706. The normalized spacial score (nSPS) is 19.9. The Labute approximate surface area is 146 Å². The highest BCUT2D eigenvalue weighted by Gasteiger charge is 2.32. The third kappa shape index (κ3) is 5.26. The van der Waals surface area contributed by atoms with Crippen LogP contribution in [0.5, 0.6) is 0 Å². The van der Waals surface area contributed by atoms with Gasteiger partial charge in [0.15, 0.2) is 0 Å². The second-order valence-electron chi connectivity index (χ2n) is 7.27. The fourth-order valence-electron chi connectivity index (χ4n) is 2.78. The minimum absolute atomic E-state index is 0.0983. The Hall–Kier alpha value is -1.50. The second-order valence-corrected chi connectivity index (χ2v) is 8.66. The molecule has 1 saturated heterocycles. The number of aromatic nitrogens is 2.